The molecule has 1 atom stereocenters. The van der Waals surface area contributed by atoms with Crippen LogP contribution in [0.15, 0.2) is 6.20 Å². The monoisotopic (exact) mass is 270 g/mol. The summed E-state index contributed by atoms with van der Waals surface area (Å²) in [6.07, 6.45) is 1.62. The molecule has 0 radical (unpaired) electrons. The van der Waals surface area contributed by atoms with E-state index in [-0.39, 0.29) is 5.82 Å². The van der Waals surface area contributed by atoms with Gasteiger partial charge in [-0.05, 0) is 18.3 Å². The van der Waals surface area contributed by atoms with E-state index in [1.54, 1.807) is 20.8 Å². The van der Waals surface area contributed by atoms with E-state index in [0.717, 1.165) is 0 Å². The Balaban J connectivity index is 2.70. The van der Waals surface area contributed by atoms with Gasteiger partial charge in [-0.1, -0.05) is 6.92 Å². The van der Waals surface area contributed by atoms with Gasteiger partial charge in [-0.15, -0.1) is 0 Å². The number of aliphatic carboxylic acids is 1. The highest BCUT2D eigenvalue weighted by Crippen LogP contribution is 2.14. The third kappa shape index (κ3) is 3.28. The van der Waals surface area contributed by atoms with Crippen LogP contribution in [0.5, 0.6) is 0 Å². The topological polar surface area (TPSA) is 110 Å². The Morgan fingerprint density at radius 2 is 2.32 bits per heavy atom. The van der Waals surface area contributed by atoms with Crippen LogP contribution in [-0.2, 0) is 11.3 Å². The molecule has 0 fully saturated rings. The molecule has 8 heteroatoms. The number of imidazole rings is 1. The molecule has 0 aliphatic carbocycles. The minimum atomic E-state index is -1.02. The van der Waals surface area contributed by atoms with Gasteiger partial charge in [0.25, 0.3) is 0 Å². The quantitative estimate of drug-likeness (QED) is 0.563. The number of nitrogens with one attached hydrogen (secondary N) is 1. The number of carboxylic acids is 1. The first-order valence-electron chi connectivity index (χ1n) is 5.96. The standard InChI is InChI=1S/C11H18N4O4/c1-4-11(3,10(16)17)13-5-6-14-8(2)12-7-9(14)15(18)19/h7,13H,4-6H2,1-3H3,(H,16,17). The average molecular weight is 270 g/mol. The molecule has 0 aliphatic rings. The van der Waals surface area contributed by atoms with Gasteiger partial charge in [0, 0.05) is 13.5 Å². The molecule has 1 unspecified atom stereocenters. The molecule has 106 valence electrons. The first-order chi connectivity index (χ1) is 8.81. The van der Waals surface area contributed by atoms with E-state index >= 15 is 0 Å². The maximum absolute atomic E-state index is 11.1. The van der Waals surface area contributed by atoms with Gasteiger partial charge >= 0.3 is 11.8 Å². The van der Waals surface area contributed by atoms with Crippen LogP contribution in [0.25, 0.3) is 0 Å². The summed E-state index contributed by atoms with van der Waals surface area (Å²) < 4.78 is 1.45. The number of aromatic nitrogens is 2. The third-order valence-electron chi connectivity index (χ3n) is 3.25. The molecule has 1 aromatic heterocycles. The largest absolute Gasteiger partial charge is 0.480 e. The lowest BCUT2D eigenvalue weighted by Gasteiger charge is -2.24. The molecule has 2 N–H and O–H groups in total. The summed E-state index contributed by atoms with van der Waals surface area (Å²) in [7, 11) is 0. The minimum absolute atomic E-state index is 0.0900. The maximum atomic E-state index is 11.1. The van der Waals surface area contributed by atoms with E-state index in [4.69, 9.17) is 5.11 Å². The van der Waals surface area contributed by atoms with Crippen molar-refractivity contribution >= 4 is 11.8 Å². The minimum Gasteiger partial charge on any atom is -0.480 e. The molecule has 19 heavy (non-hydrogen) atoms. The lowest BCUT2D eigenvalue weighted by atomic mass is 9.99. The molecule has 0 spiro atoms. The summed E-state index contributed by atoms with van der Waals surface area (Å²) in [5.74, 6) is -0.498. The molecule has 0 bridgehead atoms. The smallest absolute Gasteiger partial charge is 0.342 e. The highest BCUT2D eigenvalue weighted by Gasteiger charge is 2.30. The van der Waals surface area contributed by atoms with Crippen LogP contribution in [0.2, 0.25) is 0 Å². The number of nitrogens with zero attached hydrogens (tertiary/aromatic N) is 3. The van der Waals surface area contributed by atoms with Crippen molar-refractivity contribution in [1.82, 2.24) is 14.9 Å². The number of carboxylic acid groups (broad SMARTS) is 1. The second-order valence-electron chi connectivity index (χ2n) is 4.49. The molecule has 0 saturated carbocycles. The van der Waals surface area contributed by atoms with Crippen molar-refractivity contribution in [1.29, 1.82) is 0 Å². The van der Waals surface area contributed by atoms with Gasteiger partial charge in [0.1, 0.15) is 18.3 Å². The summed E-state index contributed by atoms with van der Waals surface area (Å²) in [5.41, 5.74) is -1.02. The first-order valence-corrected chi connectivity index (χ1v) is 5.96. The van der Waals surface area contributed by atoms with Crippen molar-refractivity contribution in [3.63, 3.8) is 0 Å². The van der Waals surface area contributed by atoms with E-state index in [0.29, 0.717) is 25.3 Å². The fraction of sp³-hybridized carbons (Fsp3) is 0.636. The van der Waals surface area contributed by atoms with Crippen molar-refractivity contribution in [3.8, 4) is 0 Å². The summed E-state index contributed by atoms with van der Waals surface area (Å²) in [5, 5.41) is 22.8. The molecule has 0 amide bonds. The summed E-state index contributed by atoms with van der Waals surface area (Å²) in [6.45, 7) is 5.64. The molecule has 0 saturated heterocycles. The molecule has 0 aliphatic heterocycles. The maximum Gasteiger partial charge on any atom is 0.342 e. The SMILES string of the molecule is CCC(C)(NCCn1c([N+](=O)[O-])cnc1C)C(=O)O. The van der Waals surface area contributed by atoms with Crippen molar-refractivity contribution in [2.45, 2.75) is 39.3 Å². The Bertz CT molecular complexity index is 485. The zero-order valence-electron chi connectivity index (χ0n) is 11.2. The zero-order chi connectivity index (χ0) is 14.6. The number of carbonyl (C=O) groups is 1. The highest BCUT2D eigenvalue weighted by atomic mass is 16.6. The predicted octanol–water partition coefficient (Wildman–Crippen LogP) is 0.943. The molecule has 1 aromatic rings. The van der Waals surface area contributed by atoms with Crippen LogP contribution >= 0.6 is 0 Å². The Kier molecular flexibility index (Phi) is 4.60. The average Bonchev–Trinajstić information content (AvgIpc) is 2.70. The highest BCUT2D eigenvalue weighted by molar-refractivity contribution is 5.78. The number of aryl methyl sites for hydroxylation is 1. The Hall–Kier alpha value is -1.96. The fourth-order valence-electron chi connectivity index (χ4n) is 1.67. The van der Waals surface area contributed by atoms with E-state index in [9.17, 15) is 14.9 Å². The van der Waals surface area contributed by atoms with Crippen LogP contribution in [-0.4, -0.2) is 37.6 Å². The Labute approximate surface area is 110 Å². The van der Waals surface area contributed by atoms with E-state index in [2.05, 4.69) is 10.3 Å². The van der Waals surface area contributed by atoms with Crippen LogP contribution in [0, 0.1) is 17.0 Å². The third-order valence-corrected chi connectivity index (χ3v) is 3.25. The number of hydrogen-bond acceptors (Lipinski definition) is 5. The van der Waals surface area contributed by atoms with Crippen LogP contribution in [0.4, 0.5) is 5.82 Å². The predicted molar refractivity (Wildman–Crippen MR) is 68.0 cm³/mol. The normalized spacial score (nSPS) is 14.1. The van der Waals surface area contributed by atoms with Crippen LogP contribution in [0.3, 0.4) is 0 Å². The second-order valence-corrected chi connectivity index (χ2v) is 4.49. The van der Waals surface area contributed by atoms with Gasteiger partial charge in [0.2, 0.25) is 0 Å². The summed E-state index contributed by atoms with van der Waals surface area (Å²) in [4.78, 5) is 25.3. The number of rotatable bonds is 7. The lowest BCUT2D eigenvalue weighted by Crippen LogP contribution is -2.50. The number of hydrogen-bond donors (Lipinski definition) is 2. The van der Waals surface area contributed by atoms with Gasteiger partial charge in [0.15, 0.2) is 5.82 Å². The van der Waals surface area contributed by atoms with Crippen molar-refractivity contribution in [3.05, 3.63) is 22.1 Å². The van der Waals surface area contributed by atoms with E-state index < -0.39 is 16.4 Å². The number of nitro groups is 1. The molecular weight excluding hydrogens is 252 g/mol. The first kappa shape index (κ1) is 15.1. The van der Waals surface area contributed by atoms with Crippen LogP contribution < -0.4 is 5.32 Å². The van der Waals surface area contributed by atoms with Crippen molar-refractivity contribution in [2.24, 2.45) is 0 Å². The van der Waals surface area contributed by atoms with Gasteiger partial charge in [-0.25, -0.2) is 9.55 Å². The molecule has 0 aromatic carbocycles. The molecule has 1 heterocycles. The van der Waals surface area contributed by atoms with Gasteiger partial charge < -0.3 is 15.2 Å². The van der Waals surface area contributed by atoms with Gasteiger partial charge in [-0.2, -0.15) is 0 Å². The van der Waals surface area contributed by atoms with Gasteiger partial charge in [0.05, 0.1) is 0 Å². The summed E-state index contributed by atoms with van der Waals surface area (Å²) in [6, 6.07) is 0. The van der Waals surface area contributed by atoms with Crippen molar-refractivity contribution in [2.75, 3.05) is 6.54 Å². The molecule has 8 nitrogen and oxygen atoms in total. The van der Waals surface area contributed by atoms with E-state index in [1.165, 1.54) is 10.8 Å². The van der Waals surface area contributed by atoms with Crippen LogP contribution in [0.1, 0.15) is 26.1 Å². The van der Waals surface area contributed by atoms with E-state index in [1.807, 2.05) is 0 Å². The second kappa shape index (κ2) is 5.79. The fourth-order valence-corrected chi connectivity index (χ4v) is 1.67. The Morgan fingerprint density at radius 1 is 1.68 bits per heavy atom. The zero-order valence-corrected chi connectivity index (χ0v) is 11.2. The molecule has 1 rings (SSSR count). The van der Waals surface area contributed by atoms with Gasteiger partial charge in [-0.3, -0.25) is 10.1 Å². The van der Waals surface area contributed by atoms with Crippen molar-refractivity contribution < 1.29 is 14.8 Å². The summed E-state index contributed by atoms with van der Waals surface area (Å²) >= 11 is 0. The molecular formula is C11H18N4O4. The Morgan fingerprint density at radius 3 is 2.79 bits per heavy atom. The lowest BCUT2D eigenvalue weighted by molar-refractivity contribution is -0.392.